The molecule has 4 nitrogen and oxygen atoms in total. The molecule has 0 spiro atoms. The molecule has 0 atom stereocenters. The third-order valence-electron chi connectivity index (χ3n) is 3.41. The lowest BCUT2D eigenvalue weighted by molar-refractivity contribution is 0.0526. The number of carbonyl (C=O) groups excluding carboxylic acids is 1. The monoisotopic (exact) mass is 344 g/mol. The van der Waals surface area contributed by atoms with Gasteiger partial charge < -0.3 is 14.6 Å². The molecule has 0 amide bonds. The predicted octanol–water partition coefficient (Wildman–Crippen LogP) is 4.68. The molecule has 2 aromatic carbocycles. The van der Waals surface area contributed by atoms with Crippen LogP contribution in [0.2, 0.25) is 0 Å². The van der Waals surface area contributed by atoms with Crippen LogP contribution in [0.4, 0.5) is 5.69 Å². The van der Waals surface area contributed by atoms with Gasteiger partial charge in [-0.1, -0.05) is 12.1 Å². The van der Waals surface area contributed by atoms with Crippen molar-refractivity contribution in [2.24, 2.45) is 0 Å². The summed E-state index contributed by atoms with van der Waals surface area (Å²) < 4.78 is 9.05. The van der Waals surface area contributed by atoms with Gasteiger partial charge >= 0.3 is 5.97 Å². The highest BCUT2D eigenvalue weighted by Gasteiger charge is 2.06. The molecule has 0 radical (unpaired) electrons. The van der Waals surface area contributed by atoms with Crippen molar-refractivity contribution in [3.8, 4) is 0 Å². The maximum Gasteiger partial charge on any atom is 0.338 e. The lowest BCUT2D eigenvalue weighted by atomic mass is 10.2. The summed E-state index contributed by atoms with van der Waals surface area (Å²) in [5, 5.41) is 3.33. The number of esters is 1. The van der Waals surface area contributed by atoms with E-state index in [2.05, 4.69) is 22.0 Å². The molecule has 0 saturated heterocycles. The molecule has 0 unspecified atom stereocenters. The van der Waals surface area contributed by atoms with Crippen molar-refractivity contribution < 1.29 is 9.53 Å². The quantitative estimate of drug-likeness (QED) is 0.539. The summed E-state index contributed by atoms with van der Waals surface area (Å²) in [5.74, 6) is -0.301. The van der Waals surface area contributed by atoms with E-state index in [1.54, 1.807) is 30.4 Å². The van der Waals surface area contributed by atoms with Crippen LogP contribution in [0.1, 0.15) is 17.3 Å². The first-order valence-electron chi connectivity index (χ1n) is 7.28. The highest BCUT2D eigenvalue weighted by atomic mass is 32.1. The Balaban J connectivity index is 1.74. The van der Waals surface area contributed by atoms with E-state index < -0.39 is 0 Å². The van der Waals surface area contributed by atoms with Crippen LogP contribution in [0.25, 0.3) is 10.2 Å². The first-order valence-corrected chi connectivity index (χ1v) is 8.51. The second-order valence-corrected chi connectivity index (χ2v) is 6.57. The number of fused-ring (bicyclic) bond motifs is 1. The van der Waals surface area contributed by atoms with Crippen molar-refractivity contribution in [2.45, 2.75) is 13.6 Å². The van der Waals surface area contributed by atoms with E-state index in [1.165, 1.54) is 4.70 Å². The van der Waals surface area contributed by atoms with Crippen molar-refractivity contribution in [3.05, 3.63) is 58.0 Å². The Morgan fingerprint density at radius 2 is 1.96 bits per heavy atom. The number of ether oxygens (including phenoxy) is 1. The third kappa shape index (κ3) is 3.43. The van der Waals surface area contributed by atoms with E-state index in [0.29, 0.717) is 18.8 Å². The van der Waals surface area contributed by atoms with Gasteiger partial charge in [0.05, 0.1) is 29.1 Å². The summed E-state index contributed by atoms with van der Waals surface area (Å²) in [6.45, 7) is 2.76. The molecule has 118 valence electrons. The largest absolute Gasteiger partial charge is 0.462 e. The average molecular weight is 344 g/mol. The van der Waals surface area contributed by atoms with Crippen LogP contribution in [-0.4, -0.2) is 17.1 Å². The van der Waals surface area contributed by atoms with Crippen LogP contribution >= 0.6 is 23.6 Å². The van der Waals surface area contributed by atoms with E-state index in [-0.39, 0.29) is 5.97 Å². The Morgan fingerprint density at radius 3 is 2.70 bits per heavy atom. The smallest absolute Gasteiger partial charge is 0.338 e. The van der Waals surface area contributed by atoms with E-state index in [9.17, 15) is 4.79 Å². The molecule has 23 heavy (non-hydrogen) atoms. The van der Waals surface area contributed by atoms with Gasteiger partial charge in [-0.25, -0.2) is 4.79 Å². The summed E-state index contributed by atoms with van der Waals surface area (Å²) in [5.41, 5.74) is 2.60. The molecule has 1 N–H and O–H groups in total. The fourth-order valence-electron chi connectivity index (χ4n) is 2.27. The van der Waals surface area contributed by atoms with Gasteiger partial charge in [0.2, 0.25) is 0 Å². The third-order valence-corrected chi connectivity index (χ3v) is 4.84. The zero-order valence-corrected chi connectivity index (χ0v) is 14.2. The van der Waals surface area contributed by atoms with Crippen LogP contribution in [0.5, 0.6) is 0 Å². The normalized spacial score (nSPS) is 10.7. The molecule has 0 aliphatic heterocycles. The maximum absolute atomic E-state index is 11.6. The Morgan fingerprint density at radius 1 is 1.22 bits per heavy atom. The molecule has 3 rings (SSSR count). The number of hydrogen-bond acceptors (Lipinski definition) is 5. The topological polar surface area (TPSA) is 43.3 Å². The number of benzene rings is 2. The second-order valence-electron chi connectivity index (χ2n) is 4.90. The lowest BCUT2D eigenvalue weighted by Crippen LogP contribution is -2.08. The van der Waals surface area contributed by atoms with E-state index in [1.807, 2.05) is 24.3 Å². The molecule has 3 aromatic rings. The Bertz CT molecular complexity index is 881. The zero-order chi connectivity index (χ0) is 16.2. The highest BCUT2D eigenvalue weighted by Crippen LogP contribution is 2.23. The van der Waals surface area contributed by atoms with Crippen LogP contribution in [-0.2, 0) is 11.4 Å². The molecular weight excluding hydrogens is 328 g/mol. The zero-order valence-electron chi connectivity index (χ0n) is 12.6. The molecule has 0 fully saturated rings. The van der Waals surface area contributed by atoms with Gasteiger partial charge in [-0.05, 0) is 55.5 Å². The van der Waals surface area contributed by atoms with Crippen molar-refractivity contribution in [1.29, 1.82) is 0 Å². The highest BCUT2D eigenvalue weighted by molar-refractivity contribution is 7.73. The van der Waals surface area contributed by atoms with Gasteiger partial charge in [0, 0.05) is 5.69 Å². The summed E-state index contributed by atoms with van der Waals surface area (Å²) in [4.78, 5) is 11.6. The van der Waals surface area contributed by atoms with Crippen molar-refractivity contribution in [2.75, 3.05) is 11.9 Å². The van der Waals surface area contributed by atoms with E-state index >= 15 is 0 Å². The first kappa shape index (κ1) is 15.7. The number of aromatic nitrogens is 1. The van der Waals surface area contributed by atoms with Gasteiger partial charge in [-0.2, -0.15) is 0 Å². The summed E-state index contributed by atoms with van der Waals surface area (Å²) >= 11 is 7.03. The molecule has 6 heteroatoms. The molecule has 0 aliphatic rings. The molecule has 0 aliphatic carbocycles. The second kappa shape index (κ2) is 6.93. The number of rotatable bonds is 5. The molecule has 0 bridgehead atoms. The van der Waals surface area contributed by atoms with Crippen molar-refractivity contribution in [3.63, 3.8) is 0 Å². The Labute approximate surface area is 143 Å². The summed E-state index contributed by atoms with van der Waals surface area (Å²) in [7, 11) is 0. The van der Waals surface area contributed by atoms with Gasteiger partial charge in [0.15, 0.2) is 3.95 Å². The summed E-state index contributed by atoms with van der Waals surface area (Å²) in [6, 6.07) is 15.4. The van der Waals surface area contributed by atoms with Crippen molar-refractivity contribution in [1.82, 2.24) is 4.57 Å². The van der Waals surface area contributed by atoms with Crippen LogP contribution < -0.4 is 5.32 Å². The van der Waals surface area contributed by atoms with Gasteiger partial charge in [-0.15, -0.1) is 11.3 Å². The van der Waals surface area contributed by atoms with Crippen molar-refractivity contribution >= 4 is 45.4 Å². The Hall–Kier alpha value is -2.18. The lowest BCUT2D eigenvalue weighted by Gasteiger charge is -2.09. The summed E-state index contributed by atoms with van der Waals surface area (Å²) in [6.07, 6.45) is 0. The van der Waals surface area contributed by atoms with Crippen LogP contribution in [0, 0.1) is 3.95 Å². The fraction of sp³-hybridized carbons (Fsp3) is 0.176. The van der Waals surface area contributed by atoms with Crippen LogP contribution in [0.3, 0.4) is 0 Å². The van der Waals surface area contributed by atoms with E-state index in [0.717, 1.165) is 15.2 Å². The Kier molecular flexibility index (Phi) is 4.73. The average Bonchev–Trinajstić information content (AvgIpc) is 2.89. The number of anilines is 1. The minimum Gasteiger partial charge on any atom is -0.462 e. The SMILES string of the molecule is CCOC(=O)c1ccc(NCn2c(=S)sc3ccccc32)cc1. The molecule has 1 heterocycles. The van der Waals surface area contributed by atoms with Gasteiger partial charge in [0.25, 0.3) is 0 Å². The predicted molar refractivity (Wildman–Crippen MR) is 96.7 cm³/mol. The molecular formula is C17H16N2O2S2. The van der Waals surface area contributed by atoms with Gasteiger partial charge in [0.1, 0.15) is 0 Å². The maximum atomic E-state index is 11.6. The molecule has 0 saturated carbocycles. The van der Waals surface area contributed by atoms with Crippen LogP contribution in [0.15, 0.2) is 48.5 Å². The first-order chi connectivity index (χ1) is 11.2. The number of nitrogens with one attached hydrogen (secondary N) is 1. The van der Waals surface area contributed by atoms with Gasteiger partial charge in [-0.3, -0.25) is 0 Å². The number of nitrogens with zero attached hydrogens (tertiary/aromatic N) is 1. The minimum atomic E-state index is -0.301. The van der Waals surface area contributed by atoms with E-state index in [4.69, 9.17) is 17.0 Å². The number of thiazole rings is 1. The standard InChI is InChI=1S/C17H16N2O2S2/c1-2-21-16(20)12-7-9-13(10-8-12)18-11-19-14-5-3-4-6-15(14)23-17(19)22/h3-10,18H,2,11H2,1H3. The number of para-hydroxylation sites is 1. The number of hydrogen-bond donors (Lipinski definition) is 1. The fourth-order valence-corrected chi connectivity index (χ4v) is 3.60. The molecule has 1 aromatic heterocycles. The minimum absolute atomic E-state index is 0.301. The number of carbonyl (C=O) groups is 1.